The third-order valence-electron chi connectivity index (χ3n) is 6.90. The molecule has 0 aromatic carbocycles. The van der Waals surface area contributed by atoms with E-state index in [-0.39, 0.29) is 10.8 Å². The van der Waals surface area contributed by atoms with Crippen LogP contribution in [0.5, 0.6) is 0 Å². The molecule has 224 valence electrons. The third-order valence-corrected chi connectivity index (χ3v) is 8.46. The van der Waals surface area contributed by atoms with Crippen LogP contribution < -0.4 is 10.6 Å². The van der Waals surface area contributed by atoms with Crippen molar-refractivity contribution in [2.24, 2.45) is 5.92 Å². The summed E-state index contributed by atoms with van der Waals surface area (Å²) in [5.41, 5.74) is 0.123. The van der Waals surface area contributed by atoms with Crippen molar-refractivity contribution in [1.82, 2.24) is 20.5 Å². The van der Waals surface area contributed by atoms with Gasteiger partial charge >= 0.3 is 6.18 Å². The summed E-state index contributed by atoms with van der Waals surface area (Å²) in [6.45, 7) is 8.96. The largest absolute Gasteiger partial charge is 0.417 e. The first-order chi connectivity index (χ1) is 19.4. The standard InChI is InChI=1S/C29H36ClF3N4O3S/c1-5-25(28(39)36-26-16-22(29(31,32)33)23(30)17-37(26)4)41-19(3)18(2)34-27(38)24-10-6-9-21(35-24)12-11-20-8-7-14-40-15-13-20/h5-6,9-10,16-18,20,26H,3,7-8,11-15H2,1-2,4H3,(H,34,38)(H,36,39). The second kappa shape index (κ2) is 14.9. The summed E-state index contributed by atoms with van der Waals surface area (Å²) in [4.78, 5) is 32.5. The molecule has 41 heavy (non-hydrogen) atoms. The molecule has 0 radical (unpaired) electrons. The van der Waals surface area contributed by atoms with Crippen molar-refractivity contribution in [2.75, 3.05) is 20.3 Å². The SMILES string of the molecule is C=C(SC(=CC)C(=O)NC1C=C(C(F)(F)F)C(Cl)=CN1C)C(C)NC(=O)c1cccc(CCC2CCCOCC2)n1. The first kappa shape index (κ1) is 32.8. The Morgan fingerprint density at radius 3 is 2.78 bits per heavy atom. The van der Waals surface area contributed by atoms with E-state index in [2.05, 4.69) is 22.2 Å². The Hall–Kier alpha value is -2.76. The van der Waals surface area contributed by atoms with Crippen molar-refractivity contribution < 1.29 is 27.5 Å². The maximum Gasteiger partial charge on any atom is 0.417 e. The molecule has 0 saturated carbocycles. The van der Waals surface area contributed by atoms with Crippen LogP contribution in [0.15, 0.2) is 63.5 Å². The maximum absolute atomic E-state index is 13.3. The van der Waals surface area contributed by atoms with Gasteiger partial charge in [0.15, 0.2) is 0 Å². The molecule has 2 aliphatic rings. The smallest absolute Gasteiger partial charge is 0.381 e. The molecule has 3 heterocycles. The summed E-state index contributed by atoms with van der Waals surface area (Å²) in [6, 6.07) is 4.85. The van der Waals surface area contributed by atoms with E-state index in [1.807, 2.05) is 12.1 Å². The van der Waals surface area contributed by atoms with Crippen molar-refractivity contribution in [3.8, 4) is 0 Å². The summed E-state index contributed by atoms with van der Waals surface area (Å²) in [6.07, 6.45) is 2.81. The number of nitrogens with one attached hydrogen (secondary N) is 2. The fraction of sp³-hybridized carbons (Fsp3) is 0.483. The van der Waals surface area contributed by atoms with Gasteiger partial charge in [0.05, 0.1) is 21.6 Å². The Morgan fingerprint density at radius 1 is 1.32 bits per heavy atom. The highest BCUT2D eigenvalue weighted by atomic mass is 35.5. The number of nitrogens with zero attached hydrogens (tertiary/aromatic N) is 2. The molecule has 1 fully saturated rings. The minimum Gasteiger partial charge on any atom is -0.381 e. The number of hydrogen-bond acceptors (Lipinski definition) is 6. The fourth-order valence-corrected chi connectivity index (χ4v) is 5.55. The van der Waals surface area contributed by atoms with E-state index >= 15 is 0 Å². The van der Waals surface area contributed by atoms with Crippen molar-refractivity contribution >= 4 is 35.2 Å². The summed E-state index contributed by atoms with van der Waals surface area (Å²) >= 11 is 6.78. The predicted molar refractivity (Wildman–Crippen MR) is 156 cm³/mol. The van der Waals surface area contributed by atoms with Crippen LogP contribution in [0, 0.1) is 5.92 Å². The molecule has 2 aliphatic heterocycles. The summed E-state index contributed by atoms with van der Waals surface area (Å²) in [5, 5.41) is 4.97. The zero-order valence-corrected chi connectivity index (χ0v) is 25.0. The lowest BCUT2D eigenvalue weighted by molar-refractivity contribution is -0.118. The summed E-state index contributed by atoms with van der Waals surface area (Å²) in [5.74, 6) is -0.369. The van der Waals surface area contributed by atoms with Gasteiger partial charge in [0.1, 0.15) is 11.9 Å². The molecule has 1 aromatic heterocycles. The number of aryl methyl sites for hydroxylation is 1. The zero-order valence-electron chi connectivity index (χ0n) is 23.4. The Kier molecular flexibility index (Phi) is 11.9. The van der Waals surface area contributed by atoms with Crippen molar-refractivity contribution in [3.05, 3.63) is 74.9 Å². The van der Waals surface area contributed by atoms with E-state index in [4.69, 9.17) is 16.3 Å². The van der Waals surface area contributed by atoms with Crippen LogP contribution in [0.4, 0.5) is 13.2 Å². The van der Waals surface area contributed by atoms with Crippen molar-refractivity contribution in [3.63, 3.8) is 0 Å². The molecular formula is C29H36ClF3N4O3S. The first-order valence-electron chi connectivity index (χ1n) is 13.5. The van der Waals surface area contributed by atoms with Gasteiger partial charge in [0, 0.05) is 37.1 Å². The molecule has 3 rings (SSSR count). The second-order valence-corrected chi connectivity index (χ2v) is 11.6. The number of halogens is 4. The zero-order chi connectivity index (χ0) is 30.2. The Labute approximate surface area is 248 Å². The normalized spacial score (nSPS) is 20.9. The van der Waals surface area contributed by atoms with Gasteiger partial charge in [-0.1, -0.05) is 42.1 Å². The fourth-order valence-electron chi connectivity index (χ4n) is 4.44. The van der Waals surface area contributed by atoms with Crippen LogP contribution in [0.3, 0.4) is 0 Å². The average Bonchev–Trinajstić information content (AvgIpc) is 3.20. The van der Waals surface area contributed by atoms with E-state index in [0.29, 0.717) is 16.5 Å². The Morgan fingerprint density at radius 2 is 2.07 bits per heavy atom. The van der Waals surface area contributed by atoms with Gasteiger partial charge in [-0.3, -0.25) is 9.59 Å². The van der Waals surface area contributed by atoms with E-state index < -0.39 is 34.9 Å². The number of carbonyl (C=O) groups is 2. The predicted octanol–water partition coefficient (Wildman–Crippen LogP) is 6.06. The molecule has 0 spiro atoms. The lowest BCUT2D eigenvalue weighted by Crippen LogP contribution is -2.45. The highest BCUT2D eigenvalue weighted by Gasteiger charge is 2.39. The number of hydrogen-bond donors (Lipinski definition) is 2. The van der Waals surface area contributed by atoms with Crippen LogP contribution >= 0.6 is 23.4 Å². The van der Waals surface area contributed by atoms with Crippen molar-refractivity contribution in [2.45, 2.75) is 64.3 Å². The third kappa shape index (κ3) is 9.65. The highest BCUT2D eigenvalue weighted by Crippen LogP contribution is 2.36. The molecule has 7 nitrogen and oxygen atoms in total. The molecule has 3 unspecified atom stereocenters. The number of amides is 2. The minimum atomic E-state index is -4.66. The number of ether oxygens (including phenoxy) is 1. The molecule has 0 bridgehead atoms. The molecule has 2 amide bonds. The van der Waals surface area contributed by atoms with Crippen molar-refractivity contribution in [1.29, 1.82) is 0 Å². The van der Waals surface area contributed by atoms with Gasteiger partial charge in [-0.15, -0.1) is 0 Å². The monoisotopic (exact) mass is 612 g/mol. The number of pyridine rings is 1. The quantitative estimate of drug-likeness (QED) is 0.313. The Bertz CT molecular complexity index is 1210. The molecule has 1 saturated heterocycles. The number of thioether (sulfide) groups is 1. The average molecular weight is 613 g/mol. The molecule has 0 aliphatic carbocycles. The molecule has 1 aromatic rings. The molecular weight excluding hydrogens is 577 g/mol. The lowest BCUT2D eigenvalue weighted by Gasteiger charge is -2.31. The summed E-state index contributed by atoms with van der Waals surface area (Å²) in [7, 11) is 1.51. The van der Waals surface area contributed by atoms with Gasteiger partial charge < -0.3 is 20.3 Å². The van der Waals surface area contributed by atoms with Crippen LogP contribution in [0.2, 0.25) is 0 Å². The van der Waals surface area contributed by atoms with Gasteiger partial charge in [-0.25, -0.2) is 4.98 Å². The van der Waals surface area contributed by atoms with Gasteiger partial charge in [-0.2, -0.15) is 13.2 Å². The second-order valence-electron chi connectivity index (χ2n) is 10.0. The number of alkyl halides is 3. The number of aromatic nitrogens is 1. The van der Waals surface area contributed by atoms with Crippen LogP contribution in [-0.2, 0) is 16.0 Å². The number of likely N-dealkylation sites (N-methyl/N-ethyl adjacent to an activating group) is 1. The summed E-state index contributed by atoms with van der Waals surface area (Å²) < 4.78 is 45.4. The number of allylic oxidation sites excluding steroid dienone is 3. The molecule has 2 N–H and O–H groups in total. The van der Waals surface area contributed by atoms with Crippen LogP contribution in [0.1, 0.15) is 55.7 Å². The highest BCUT2D eigenvalue weighted by molar-refractivity contribution is 8.07. The van der Waals surface area contributed by atoms with E-state index in [1.165, 1.54) is 18.0 Å². The first-order valence-corrected chi connectivity index (χ1v) is 14.7. The topological polar surface area (TPSA) is 83.6 Å². The minimum absolute atomic E-state index is 0.219. The molecule has 3 atom stereocenters. The van der Waals surface area contributed by atoms with E-state index in [1.54, 1.807) is 19.9 Å². The van der Waals surface area contributed by atoms with Gasteiger partial charge in [0.2, 0.25) is 0 Å². The number of rotatable bonds is 10. The van der Waals surface area contributed by atoms with E-state index in [0.717, 1.165) is 75.0 Å². The van der Waals surface area contributed by atoms with Gasteiger partial charge in [-0.05, 0) is 70.1 Å². The van der Waals surface area contributed by atoms with Crippen LogP contribution in [0.25, 0.3) is 0 Å². The van der Waals surface area contributed by atoms with E-state index in [9.17, 15) is 22.8 Å². The van der Waals surface area contributed by atoms with Crippen LogP contribution in [-0.4, -0.2) is 60.3 Å². The lowest BCUT2D eigenvalue weighted by atomic mass is 9.94. The molecule has 12 heteroatoms. The number of carbonyl (C=O) groups excluding carboxylic acids is 2. The van der Waals surface area contributed by atoms with Gasteiger partial charge in [0.25, 0.3) is 11.8 Å². The Balaban J connectivity index is 1.55. The maximum atomic E-state index is 13.3.